The van der Waals surface area contributed by atoms with E-state index < -0.39 is 10.9 Å². The lowest BCUT2D eigenvalue weighted by molar-refractivity contribution is 0.0942. The maximum absolute atomic E-state index is 12.8. The lowest BCUT2D eigenvalue weighted by Gasteiger charge is -2.06. The smallest absolute Gasteiger partial charge is 0.217 e. The summed E-state index contributed by atoms with van der Waals surface area (Å²) in [4.78, 5) is 11.4. The third kappa shape index (κ3) is 1.52. The van der Waals surface area contributed by atoms with E-state index in [0.717, 1.165) is 17.5 Å². The number of allylic oxidation sites excluding steroid dienone is 1. The Morgan fingerprint density at radius 3 is 3.00 bits per heavy atom. The van der Waals surface area contributed by atoms with Gasteiger partial charge in [0.15, 0.2) is 0 Å². The van der Waals surface area contributed by atoms with Gasteiger partial charge < -0.3 is 0 Å². The van der Waals surface area contributed by atoms with E-state index in [4.69, 9.17) is 0 Å². The van der Waals surface area contributed by atoms with Crippen molar-refractivity contribution in [2.24, 2.45) is 0 Å². The third-order valence-electron chi connectivity index (χ3n) is 2.28. The zero-order chi connectivity index (χ0) is 10.1. The number of ketones is 1. The molecule has 0 radical (unpaired) electrons. The first-order valence-corrected chi connectivity index (χ1v) is 5.22. The van der Waals surface area contributed by atoms with Gasteiger partial charge in [0.2, 0.25) is 10.9 Å². The lowest BCUT2D eigenvalue weighted by atomic mass is 10.0. The number of benzene rings is 1. The molecule has 1 aliphatic carbocycles. The van der Waals surface area contributed by atoms with Crippen LogP contribution in [0.4, 0.5) is 4.39 Å². The van der Waals surface area contributed by atoms with Crippen LogP contribution in [0.15, 0.2) is 24.3 Å². The van der Waals surface area contributed by atoms with Crippen molar-refractivity contribution in [1.29, 1.82) is 0 Å². The zero-order valence-corrected chi connectivity index (χ0v) is 8.92. The number of rotatable bonds is 2. The minimum atomic E-state index is -1.61. The molecule has 0 amide bonds. The Bertz CT molecular complexity index is 410. The van der Waals surface area contributed by atoms with Crippen LogP contribution in [-0.2, 0) is 6.42 Å². The van der Waals surface area contributed by atoms with Crippen molar-refractivity contribution >= 4 is 27.8 Å². The number of hydrogen-bond donors (Lipinski definition) is 0. The number of carbonyl (C=O) groups excluding carboxylic acids is 1. The van der Waals surface area contributed by atoms with Crippen LogP contribution < -0.4 is 0 Å². The van der Waals surface area contributed by atoms with Crippen LogP contribution in [0.1, 0.15) is 21.5 Å². The topological polar surface area (TPSA) is 17.1 Å². The second kappa shape index (κ2) is 3.65. The van der Waals surface area contributed by atoms with Gasteiger partial charge in [-0.05, 0) is 33.5 Å². The average molecular weight is 255 g/mol. The number of hydrogen-bond acceptors (Lipinski definition) is 1. The molecule has 72 valence electrons. The predicted octanol–water partition coefficient (Wildman–Crippen LogP) is 3.13. The molecule has 0 spiro atoms. The summed E-state index contributed by atoms with van der Waals surface area (Å²) >= 11 is 2.64. The fourth-order valence-corrected chi connectivity index (χ4v) is 1.87. The summed E-state index contributed by atoms with van der Waals surface area (Å²) in [7, 11) is 0. The number of alkyl halides is 2. The highest BCUT2D eigenvalue weighted by Gasteiger charge is 2.20. The quantitative estimate of drug-likeness (QED) is 0.586. The van der Waals surface area contributed by atoms with Gasteiger partial charge in [-0.15, -0.1) is 0 Å². The summed E-state index contributed by atoms with van der Waals surface area (Å²) in [5, 5.41) is -1.61. The van der Waals surface area contributed by atoms with Crippen molar-refractivity contribution in [2.45, 2.75) is 11.5 Å². The monoisotopic (exact) mass is 254 g/mol. The van der Waals surface area contributed by atoms with E-state index in [9.17, 15) is 9.18 Å². The molecular formula is C11H8BrFO. The Morgan fingerprint density at radius 1 is 1.50 bits per heavy atom. The van der Waals surface area contributed by atoms with E-state index in [1.807, 2.05) is 18.2 Å². The largest absolute Gasteiger partial charge is 0.290 e. The summed E-state index contributed by atoms with van der Waals surface area (Å²) in [6.07, 6.45) is 4.68. The Morgan fingerprint density at radius 2 is 2.29 bits per heavy atom. The summed E-state index contributed by atoms with van der Waals surface area (Å²) in [5.41, 5.74) is 2.41. The molecule has 0 aliphatic heterocycles. The summed E-state index contributed by atoms with van der Waals surface area (Å²) in [5.74, 6) is -0.506. The Balaban J connectivity index is 2.49. The van der Waals surface area contributed by atoms with Crippen LogP contribution in [0.3, 0.4) is 0 Å². The molecule has 1 aliphatic rings. The van der Waals surface area contributed by atoms with Crippen molar-refractivity contribution in [3.05, 3.63) is 41.0 Å². The van der Waals surface area contributed by atoms with Crippen molar-refractivity contribution < 1.29 is 9.18 Å². The maximum atomic E-state index is 12.8. The second-order valence-corrected chi connectivity index (χ2v) is 3.95. The van der Waals surface area contributed by atoms with E-state index in [2.05, 4.69) is 15.9 Å². The normalized spacial score (nSPS) is 15.3. The molecular weight excluding hydrogens is 247 g/mol. The van der Waals surface area contributed by atoms with E-state index in [1.54, 1.807) is 12.1 Å². The van der Waals surface area contributed by atoms with Crippen molar-refractivity contribution in [1.82, 2.24) is 0 Å². The van der Waals surface area contributed by atoms with E-state index in [1.165, 1.54) is 0 Å². The predicted molar refractivity (Wildman–Crippen MR) is 57.3 cm³/mol. The van der Waals surface area contributed by atoms with Crippen LogP contribution in [0.2, 0.25) is 0 Å². The van der Waals surface area contributed by atoms with Gasteiger partial charge in [0, 0.05) is 5.56 Å². The lowest BCUT2D eigenvalue weighted by Crippen LogP contribution is -2.10. The first kappa shape index (κ1) is 9.59. The molecule has 0 N–H and O–H groups in total. The van der Waals surface area contributed by atoms with E-state index in [0.29, 0.717) is 5.56 Å². The van der Waals surface area contributed by atoms with Gasteiger partial charge in [-0.2, -0.15) is 0 Å². The van der Waals surface area contributed by atoms with Crippen LogP contribution in [0, 0.1) is 0 Å². The SMILES string of the molecule is O=C(c1cccc2c1C=CC2)C(F)Br. The summed E-state index contributed by atoms with van der Waals surface area (Å²) < 4.78 is 12.8. The highest BCUT2D eigenvalue weighted by Crippen LogP contribution is 2.25. The molecule has 0 aromatic heterocycles. The van der Waals surface area contributed by atoms with E-state index in [-0.39, 0.29) is 0 Å². The van der Waals surface area contributed by atoms with Crippen molar-refractivity contribution in [3.8, 4) is 0 Å². The molecule has 1 unspecified atom stereocenters. The van der Waals surface area contributed by atoms with Crippen LogP contribution in [-0.4, -0.2) is 10.9 Å². The molecule has 0 saturated carbocycles. The number of carbonyl (C=O) groups is 1. The molecule has 0 saturated heterocycles. The van der Waals surface area contributed by atoms with Crippen LogP contribution >= 0.6 is 15.9 Å². The number of Topliss-reactive ketones (excluding diaryl/α,β-unsaturated/α-hetero) is 1. The number of halogens is 2. The Kier molecular flexibility index (Phi) is 2.50. The van der Waals surface area contributed by atoms with Gasteiger partial charge in [-0.3, -0.25) is 4.79 Å². The fourth-order valence-electron chi connectivity index (χ4n) is 1.62. The first-order chi connectivity index (χ1) is 6.70. The van der Waals surface area contributed by atoms with Gasteiger partial charge in [-0.1, -0.05) is 30.4 Å². The van der Waals surface area contributed by atoms with Crippen LogP contribution in [0.5, 0.6) is 0 Å². The zero-order valence-electron chi connectivity index (χ0n) is 7.34. The Labute approximate surface area is 89.8 Å². The average Bonchev–Trinajstić information content (AvgIpc) is 2.63. The molecule has 1 aromatic rings. The Hall–Kier alpha value is -0.960. The van der Waals surface area contributed by atoms with Crippen molar-refractivity contribution in [2.75, 3.05) is 0 Å². The fraction of sp³-hybridized carbons (Fsp3) is 0.182. The first-order valence-electron chi connectivity index (χ1n) is 4.31. The molecule has 1 aromatic carbocycles. The third-order valence-corrected chi connectivity index (χ3v) is 2.70. The standard InChI is InChI=1S/C11H8BrFO/c12-11(13)10(14)9-6-2-4-7-3-1-5-8(7)9/h1-2,4-6,11H,3H2. The van der Waals surface area contributed by atoms with Gasteiger partial charge in [-0.25, -0.2) is 4.39 Å². The van der Waals surface area contributed by atoms with Gasteiger partial charge in [0.25, 0.3) is 0 Å². The minimum absolute atomic E-state index is 0.459. The molecule has 14 heavy (non-hydrogen) atoms. The molecule has 3 heteroatoms. The number of fused-ring (bicyclic) bond motifs is 1. The highest BCUT2D eigenvalue weighted by molar-refractivity contribution is 9.09. The molecule has 0 heterocycles. The maximum Gasteiger partial charge on any atom is 0.217 e. The summed E-state index contributed by atoms with van der Waals surface area (Å²) in [6.45, 7) is 0. The molecule has 2 rings (SSSR count). The van der Waals surface area contributed by atoms with Gasteiger partial charge in [0.05, 0.1) is 0 Å². The molecule has 1 atom stereocenters. The second-order valence-electron chi connectivity index (χ2n) is 3.15. The van der Waals surface area contributed by atoms with Gasteiger partial charge >= 0.3 is 0 Å². The summed E-state index contributed by atoms with van der Waals surface area (Å²) in [6, 6.07) is 5.40. The van der Waals surface area contributed by atoms with E-state index >= 15 is 0 Å². The van der Waals surface area contributed by atoms with Gasteiger partial charge in [0.1, 0.15) is 0 Å². The van der Waals surface area contributed by atoms with Crippen molar-refractivity contribution in [3.63, 3.8) is 0 Å². The molecule has 0 bridgehead atoms. The molecule has 0 fully saturated rings. The molecule has 1 nitrogen and oxygen atoms in total. The van der Waals surface area contributed by atoms with Crippen LogP contribution in [0.25, 0.3) is 6.08 Å². The highest BCUT2D eigenvalue weighted by atomic mass is 79.9. The minimum Gasteiger partial charge on any atom is -0.290 e.